The van der Waals surface area contributed by atoms with Gasteiger partial charge in [0.15, 0.2) is 11.5 Å². The number of hydrogen-bond acceptors (Lipinski definition) is 3. The molecule has 0 fully saturated rings. The summed E-state index contributed by atoms with van der Waals surface area (Å²) >= 11 is 6.94. The number of para-hydroxylation sites is 2. The summed E-state index contributed by atoms with van der Waals surface area (Å²) in [5.74, 6) is 1.50. The molecule has 0 aliphatic rings. The topological polar surface area (TPSA) is 30.5 Å². The van der Waals surface area contributed by atoms with E-state index in [4.69, 9.17) is 9.47 Å². The number of ether oxygens (including phenoxy) is 2. The Bertz CT molecular complexity index is 576. The van der Waals surface area contributed by atoms with Crippen LogP contribution in [-0.2, 0) is 0 Å². The van der Waals surface area contributed by atoms with Crippen molar-refractivity contribution in [2.24, 2.45) is 0 Å². The molecule has 2 aromatic carbocycles. The van der Waals surface area contributed by atoms with E-state index in [1.54, 1.807) is 7.11 Å². The van der Waals surface area contributed by atoms with Crippen molar-refractivity contribution >= 4 is 37.5 Å². The monoisotopic (exact) mass is 399 g/mol. The third-order valence-electron chi connectivity index (χ3n) is 2.68. The van der Waals surface area contributed by atoms with Crippen molar-refractivity contribution in [1.82, 2.24) is 0 Å². The smallest absolute Gasteiger partial charge is 0.161 e. The second kappa shape index (κ2) is 7.55. The lowest BCUT2D eigenvalue weighted by molar-refractivity contribution is 0.306. The van der Waals surface area contributed by atoms with Gasteiger partial charge in [-0.3, -0.25) is 0 Å². The van der Waals surface area contributed by atoms with Crippen LogP contribution in [0.1, 0.15) is 0 Å². The molecule has 0 bridgehead atoms. The fourth-order valence-electron chi connectivity index (χ4n) is 1.72. The molecule has 1 N–H and O–H groups in total. The van der Waals surface area contributed by atoms with E-state index in [1.807, 2.05) is 42.5 Å². The van der Waals surface area contributed by atoms with Crippen molar-refractivity contribution in [3.05, 3.63) is 51.4 Å². The summed E-state index contributed by atoms with van der Waals surface area (Å²) in [4.78, 5) is 0. The van der Waals surface area contributed by atoms with Gasteiger partial charge in [0.1, 0.15) is 6.61 Å². The summed E-state index contributed by atoms with van der Waals surface area (Å²) in [6, 6.07) is 13.6. The first-order valence-corrected chi connectivity index (χ1v) is 7.74. The molecule has 0 heterocycles. The Morgan fingerprint density at radius 3 is 2.50 bits per heavy atom. The molecule has 0 aliphatic carbocycles. The van der Waals surface area contributed by atoms with E-state index in [2.05, 4.69) is 37.2 Å². The highest BCUT2D eigenvalue weighted by molar-refractivity contribution is 9.11. The van der Waals surface area contributed by atoms with Gasteiger partial charge in [-0.1, -0.05) is 28.1 Å². The van der Waals surface area contributed by atoms with Crippen LogP contribution in [0, 0.1) is 0 Å². The molecule has 2 aromatic rings. The largest absolute Gasteiger partial charge is 0.493 e. The highest BCUT2D eigenvalue weighted by atomic mass is 79.9. The number of methoxy groups -OCH3 is 1. The van der Waals surface area contributed by atoms with Gasteiger partial charge in [-0.2, -0.15) is 0 Å². The van der Waals surface area contributed by atoms with Crippen LogP contribution >= 0.6 is 31.9 Å². The first-order valence-electron chi connectivity index (χ1n) is 6.15. The van der Waals surface area contributed by atoms with Gasteiger partial charge in [-0.25, -0.2) is 0 Å². The molecule has 106 valence electrons. The quantitative estimate of drug-likeness (QED) is 0.712. The summed E-state index contributed by atoms with van der Waals surface area (Å²) in [5, 5.41) is 3.31. The van der Waals surface area contributed by atoms with Crippen LogP contribution < -0.4 is 14.8 Å². The highest BCUT2D eigenvalue weighted by Crippen LogP contribution is 2.27. The molecule has 0 aromatic heterocycles. The average Bonchev–Trinajstić information content (AvgIpc) is 2.46. The highest BCUT2D eigenvalue weighted by Gasteiger charge is 2.03. The van der Waals surface area contributed by atoms with Gasteiger partial charge in [0.2, 0.25) is 0 Å². The van der Waals surface area contributed by atoms with Crippen LogP contribution in [0.2, 0.25) is 0 Å². The predicted octanol–water partition coefficient (Wildman–Crippen LogP) is 4.71. The Hall–Kier alpha value is -1.20. The van der Waals surface area contributed by atoms with Gasteiger partial charge in [-0.15, -0.1) is 0 Å². The molecule has 0 saturated heterocycles. The fraction of sp³-hybridized carbons (Fsp3) is 0.200. The number of nitrogens with one attached hydrogen (secondary N) is 1. The van der Waals surface area contributed by atoms with E-state index >= 15 is 0 Å². The zero-order valence-electron chi connectivity index (χ0n) is 11.0. The number of hydrogen-bond donors (Lipinski definition) is 1. The third kappa shape index (κ3) is 4.15. The minimum atomic E-state index is 0.558. The summed E-state index contributed by atoms with van der Waals surface area (Å²) in [7, 11) is 1.64. The van der Waals surface area contributed by atoms with Gasteiger partial charge >= 0.3 is 0 Å². The molecular weight excluding hydrogens is 386 g/mol. The molecule has 0 atom stereocenters. The van der Waals surface area contributed by atoms with Crippen LogP contribution in [0.4, 0.5) is 5.69 Å². The molecule has 3 nitrogen and oxygen atoms in total. The van der Waals surface area contributed by atoms with Gasteiger partial charge in [0, 0.05) is 21.2 Å². The number of halogens is 2. The number of anilines is 1. The molecule has 20 heavy (non-hydrogen) atoms. The number of benzene rings is 2. The zero-order chi connectivity index (χ0) is 14.4. The van der Waals surface area contributed by atoms with Crippen LogP contribution in [0.15, 0.2) is 51.4 Å². The van der Waals surface area contributed by atoms with Crippen LogP contribution in [0.25, 0.3) is 0 Å². The third-order valence-corrected chi connectivity index (χ3v) is 3.82. The Balaban J connectivity index is 1.84. The van der Waals surface area contributed by atoms with Gasteiger partial charge in [0.05, 0.1) is 7.11 Å². The maximum atomic E-state index is 5.70. The van der Waals surface area contributed by atoms with E-state index < -0.39 is 0 Å². The van der Waals surface area contributed by atoms with Gasteiger partial charge in [0.25, 0.3) is 0 Å². The SMILES string of the molecule is COc1ccccc1OCCNc1ccc(Br)cc1Br. The molecule has 0 radical (unpaired) electrons. The Labute approximate surface area is 135 Å². The van der Waals surface area contributed by atoms with Crippen molar-refractivity contribution in [3.8, 4) is 11.5 Å². The summed E-state index contributed by atoms with van der Waals surface area (Å²) < 4.78 is 13.0. The first-order chi connectivity index (χ1) is 9.70. The zero-order valence-corrected chi connectivity index (χ0v) is 14.2. The molecule has 0 saturated carbocycles. The van der Waals surface area contributed by atoms with Crippen LogP contribution in [0.5, 0.6) is 11.5 Å². The Morgan fingerprint density at radius 1 is 1.05 bits per heavy atom. The van der Waals surface area contributed by atoms with Crippen molar-refractivity contribution in [1.29, 1.82) is 0 Å². The van der Waals surface area contributed by atoms with E-state index in [1.165, 1.54) is 0 Å². The second-order valence-corrected chi connectivity index (χ2v) is 5.82. The minimum Gasteiger partial charge on any atom is -0.493 e. The Kier molecular flexibility index (Phi) is 5.73. The van der Waals surface area contributed by atoms with Crippen molar-refractivity contribution in [2.75, 3.05) is 25.6 Å². The molecule has 0 spiro atoms. The Morgan fingerprint density at radius 2 is 1.80 bits per heavy atom. The summed E-state index contributed by atoms with van der Waals surface area (Å²) in [6.45, 7) is 1.27. The fourth-order valence-corrected chi connectivity index (χ4v) is 2.90. The molecule has 2 rings (SSSR count). The van der Waals surface area contributed by atoms with Crippen molar-refractivity contribution in [3.63, 3.8) is 0 Å². The molecular formula is C15H15Br2NO2. The van der Waals surface area contributed by atoms with E-state index in [0.29, 0.717) is 13.2 Å². The van der Waals surface area contributed by atoms with Crippen molar-refractivity contribution < 1.29 is 9.47 Å². The van der Waals surface area contributed by atoms with Crippen LogP contribution in [0.3, 0.4) is 0 Å². The van der Waals surface area contributed by atoms with E-state index in [9.17, 15) is 0 Å². The average molecular weight is 401 g/mol. The first kappa shape index (κ1) is 15.2. The number of rotatable bonds is 6. The van der Waals surface area contributed by atoms with Gasteiger partial charge < -0.3 is 14.8 Å². The predicted molar refractivity (Wildman–Crippen MR) is 88.8 cm³/mol. The maximum absolute atomic E-state index is 5.70. The van der Waals surface area contributed by atoms with Crippen molar-refractivity contribution in [2.45, 2.75) is 0 Å². The van der Waals surface area contributed by atoms with Crippen LogP contribution in [-0.4, -0.2) is 20.3 Å². The van der Waals surface area contributed by atoms with E-state index in [0.717, 1.165) is 26.1 Å². The lowest BCUT2D eigenvalue weighted by atomic mass is 10.3. The van der Waals surface area contributed by atoms with Gasteiger partial charge in [-0.05, 0) is 46.3 Å². The van der Waals surface area contributed by atoms with E-state index in [-0.39, 0.29) is 0 Å². The molecule has 0 unspecified atom stereocenters. The lowest BCUT2D eigenvalue weighted by Crippen LogP contribution is -2.12. The lowest BCUT2D eigenvalue weighted by Gasteiger charge is -2.12. The molecule has 5 heteroatoms. The summed E-state index contributed by atoms with van der Waals surface area (Å²) in [6.07, 6.45) is 0. The second-order valence-electron chi connectivity index (χ2n) is 4.05. The molecule has 0 amide bonds. The normalized spacial score (nSPS) is 10.2. The summed E-state index contributed by atoms with van der Waals surface area (Å²) in [5.41, 5.74) is 1.04. The minimum absolute atomic E-state index is 0.558. The standard InChI is InChI=1S/C15H15Br2NO2/c1-19-14-4-2-3-5-15(14)20-9-8-18-13-7-6-11(16)10-12(13)17/h2-7,10,18H,8-9H2,1H3. The molecule has 0 aliphatic heterocycles. The maximum Gasteiger partial charge on any atom is 0.161 e.